The van der Waals surface area contributed by atoms with Crippen molar-refractivity contribution in [1.29, 1.82) is 0 Å². The highest BCUT2D eigenvalue weighted by Gasteiger charge is 2.34. The number of hydrogen-bond acceptors (Lipinski definition) is 6. The smallest absolute Gasteiger partial charge is 0.262 e. The Morgan fingerprint density at radius 3 is 2.64 bits per heavy atom. The van der Waals surface area contributed by atoms with Crippen molar-refractivity contribution in [2.75, 3.05) is 18.4 Å². The van der Waals surface area contributed by atoms with Gasteiger partial charge in [0, 0.05) is 35.6 Å². The van der Waals surface area contributed by atoms with E-state index in [4.69, 9.17) is 0 Å². The Kier molecular flexibility index (Phi) is 7.49. The molecule has 2 heterocycles. The van der Waals surface area contributed by atoms with Crippen molar-refractivity contribution >= 4 is 51.7 Å². The van der Waals surface area contributed by atoms with Crippen molar-refractivity contribution < 1.29 is 14.4 Å². The van der Waals surface area contributed by atoms with Gasteiger partial charge in [-0.3, -0.25) is 14.4 Å². The molecule has 4 rings (SSSR count). The van der Waals surface area contributed by atoms with E-state index in [1.807, 2.05) is 30.2 Å². The Labute approximate surface area is 202 Å². The van der Waals surface area contributed by atoms with Gasteiger partial charge in [0.15, 0.2) is 5.17 Å². The molecule has 2 aliphatic rings. The van der Waals surface area contributed by atoms with E-state index in [2.05, 4.69) is 21.7 Å². The van der Waals surface area contributed by atoms with E-state index in [0.717, 1.165) is 25.9 Å². The second-order valence-corrected chi connectivity index (χ2v) is 10.3. The molecule has 33 heavy (non-hydrogen) atoms. The van der Waals surface area contributed by atoms with Gasteiger partial charge in [0.05, 0.1) is 6.04 Å². The minimum absolute atomic E-state index is 0.0288. The zero-order valence-electron chi connectivity index (χ0n) is 18.7. The Hall–Kier alpha value is -2.65. The molecule has 1 saturated carbocycles. The van der Waals surface area contributed by atoms with E-state index in [1.165, 1.54) is 16.6 Å². The molecule has 3 amide bonds. The predicted molar refractivity (Wildman–Crippen MR) is 134 cm³/mol. The van der Waals surface area contributed by atoms with Gasteiger partial charge in [-0.15, -0.1) is 11.3 Å². The van der Waals surface area contributed by atoms with E-state index >= 15 is 0 Å². The number of thioether (sulfide) groups is 1. The lowest BCUT2D eigenvalue weighted by Gasteiger charge is -2.19. The third kappa shape index (κ3) is 5.83. The normalized spacial score (nSPS) is 18.5. The molecule has 174 valence electrons. The third-order valence-electron chi connectivity index (χ3n) is 5.77. The van der Waals surface area contributed by atoms with Crippen LogP contribution in [-0.4, -0.2) is 46.1 Å². The lowest BCUT2D eigenvalue weighted by molar-refractivity contribution is -0.121. The molecule has 1 fully saturated rings. The first-order chi connectivity index (χ1) is 16.0. The van der Waals surface area contributed by atoms with Gasteiger partial charge in [-0.2, -0.15) is 4.99 Å². The highest BCUT2D eigenvalue weighted by molar-refractivity contribution is 8.15. The highest BCUT2D eigenvalue weighted by Crippen LogP contribution is 2.42. The van der Waals surface area contributed by atoms with Crippen LogP contribution in [0.15, 0.2) is 46.8 Å². The maximum absolute atomic E-state index is 12.9. The molecule has 1 aliphatic carbocycles. The topological polar surface area (TPSA) is 90.9 Å². The number of thiophene rings is 1. The van der Waals surface area contributed by atoms with Crippen LogP contribution in [0.3, 0.4) is 0 Å². The first kappa shape index (κ1) is 23.5. The Morgan fingerprint density at radius 1 is 1.18 bits per heavy atom. The number of aliphatic imine (C=N–C) groups is 1. The maximum Gasteiger partial charge on any atom is 0.262 e. The van der Waals surface area contributed by atoms with Crippen LogP contribution in [0.1, 0.15) is 54.4 Å². The molecule has 1 aromatic carbocycles. The van der Waals surface area contributed by atoms with Gasteiger partial charge < -0.3 is 15.5 Å². The summed E-state index contributed by atoms with van der Waals surface area (Å²) in [5.41, 5.74) is 1.03. The summed E-state index contributed by atoms with van der Waals surface area (Å²) >= 11 is 2.99. The van der Waals surface area contributed by atoms with Gasteiger partial charge in [-0.05, 0) is 62.3 Å². The summed E-state index contributed by atoms with van der Waals surface area (Å²) in [6.07, 6.45) is 2.28. The fraction of sp³-hybridized carbons (Fsp3) is 0.417. The van der Waals surface area contributed by atoms with Gasteiger partial charge >= 0.3 is 0 Å². The van der Waals surface area contributed by atoms with Crippen LogP contribution < -0.4 is 10.6 Å². The van der Waals surface area contributed by atoms with Crippen LogP contribution >= 0.6 is 23.1 Å². The summed E-state index contributed by atoms with van der Waals surface area (Å²) in [5, 5.41) is 8.17. The SMILES string of the molecule is CCN(CC)C1=NC(=O)[C@@H](CC(=O)Nc2cccc(C(=O)N[C@H](c3cccs3)C3CC3)c2)S1. The van der Waals surface area contributed by atoms with Gasteiger partial charge in [0.1, 0.15) is 5.25 Å². The van der Waals surface area contributed by atoms with Crippen molar-refractivity contribution in [3.63, 3.8) is 0 Å². The van der Waals surface area contributed by atoms with Crippen LogP contribution in [0, 0.1) is 5.92 Å². The lowest BCUT2D eigenvalue weighted by Crippen LogP contribution is -2.29. The van der Waals surface area contributed by atoms with Crippen molar-refractivity contribution in [2.24, 2.45) is 10.9 Å². The average molecular weight is 485 g/mol. The Morgan fingerprint density at radius 2 is 1.97 bits per heavy atom. The number of carbonyl (C=O) groups is 3. The molecule has 0 spiro atoms. The number of amidine groups is 1. The molecule has 0 unspecified atom stereocenters. The quantitative estimate of drug-likeness (QED) is 0.554. The Balaban J connectivity index is 1.35. The van der Waals surface area contributed by atoms with Crippen LogP contribution in [0.2, 0.25) is 0 Å². The lowest BCUT2D eigenvalue weighted by atomic mass is 10.1. The fourth-order valence-corrected chi connectivity index (χ4v) is 5.86. The molecule has 1 aromatic heterocycles. The molecule has 9 heteroatoms. The van der Waals surface area contributed by atoms with Crippen molar-refractivity contribution in [3.8, 4) is 0 Å². The van der Waals surface area contributed by atoms with Crippen LogP contribution in [0.4, 0.5) is 5.69 Å². The molecule has 0 saturated heterocycles. The van der Waals surface area contributed by atoms with Gasteiger partial charge in [0.2, 0.25) is 5.91 Å². The summed E-state index contributed by atoms with van der Waals surface area (Å²) in [5.74, 6) is -0.218. The number of rotatable bonds is 9. The monoisotopic (exact) mass is 484 g/mol. The number of carbonyl (C=O) groups excluding carboxylic acids is 3. The summed E-state index contributed by atoms with van der Waals surface area (Å²) in [6.45, 7) is 5.54. The summed E-state index contributed by atoms with van der Waals surface area (Å²) in [6, 6.07) is 11.0. The number of nitrogens with zero attached hydrogens (tertiary/aromatic N) is 2. The van der Waals surface area contributed by atoms with Gasteiger partial charge in [-0.1, -0.05) is 23.9 Å². The van der Waals surface area contributed by atoms with Crippen LogP contribution in [0.5, 0.6) is 0 Å². The standard InChI is InChI=1S/C24H28N4O3S2/c1-3-28(4-2)24-27-23(31)19(33-24)14-20(29)25-17-8-5-7-16(13-17)22(30)26-21(15-10-11-15)18-9-6-12-32-18/h5-9,12-13,15,19,21H,3-4,10-11,14H2,1-2H3,(H,25,29)(H,26,30)/t19-,21+/m1/s1. The Bertz CT molecular complexity index is 1050. The van der Waals surface area contributed by atoms with Crippen molar-refractivity contribution in [1.82, 2.24) is 10.2 Å². The van der Waals surface area contributed by atoms with E-state index < -0.39 is 5.25 Å². The van der Waals surface area contributed by atoms with E-state index in [1.54, 1.807) is 35.6 Å². The zero-order valence-corrected chi connectivity index (χ0v) is 20.4. The van der Waals surface area contributed by atoms with Crippen molar-refractivity contribution in [3.05, 3.63) is 52.2 Å². The summed E-state index contributed by atoms with van der Waals surface area (Å²) < 4.78 is 0. The summed E-state index contributed by atoms with van der Waals surface area (Å²) in [4.78, 5) is 45.0. The number of nitrogens with one attached hydrogen (secondary N) is 2. The molecule has 2 aromatic rings. The third-order valence-corrected chi connectivity index (χ3v) is 7.94. The molecule has 0 radical (unpaired) electrons. The second kappa shape index (κ2) is 10.5. The molecular formula is C24H28N4O3S2. The molecule has 1 aliphatic heterocycles. The van der Waals surface area contributed by atoms with Gasteiger partial charge in [-0.25, -0.2) is 0 Å². The molecular weight excluding hydrogens is 456 g/mol. The number of anilines is 1. The van der Waals surface area contributed by atoms with E-state index in [0.29, 0.717) is 22.3 Å². The summed E-state index contributed by atoms with van der Waals surface area (Å²) in [7, 11) is 0. The second-order valence-electron chi connectivity index (χ2n) is 8.15. The fourth-order valence-electron chi connectivity index (χ4n) is 3.80. The molecule has 2 N–H and O–H groups in total. The van der Waals surface area contributed by atoms with Crippen molar-refractivity contribution in [2.45, 2.75) is 44.4 Å². The van der Waals surface area contributed by atoms with Gasteiger partial charge in [0.25, 0.3) is 11.8 Å². The molecule has 0 bridgehead atoms. The van der Waals surface area contributed by atoms with E-state index in [-0.39, 0.29) is 30.2 Å². The predicted octanol–water partition coefficient (Wildman–Crippen LogP) is 4.30. The average Bonchev–Trinajstić information content (AvgIpc) is 3.38. The van der Waals surface area contributed by atoms with Crippen LogP contribution in [-0.2, 0) is 9.59 Å². The zero-order chi connectivity index (χ0) is 23.4. The highest BCUT2D eigenvalue weighted by atomic mass is 32.2. The van der Waals surface area contributed by atoms with Crippen LogP contribution in [0.25, 0.3) is 0 Å². The van der Waals surface area contributed by atoms with E-state index in [9.17, 15) is 14.4 Å². The number of hydrogen-bond donors (Lipinski definition) is 2. The molecule has 7 nitrogen and oxygen atoms in total. The maximum atomic E-state index is 12.9. The number of amides is 3. The molecule has 2 atom stereocenters. The first-order valence-corrected chi connectivity index (χ1v) is 13.0. The number of benzene rings is 1. The first-order valence-electron chi connectivity index (χ1n) is 11.3. The minimum atomic E-state index is -0.517. The minimum Gasteiger partial charge on any atom is -0.352 e. The largest absolute Gasteiger partial charge is 0.352 e.